The van der Waals surface area contributed by atoms with Gasteiger partial charge in [0.15, 0.2) is 24.8 Å². The number of hydrogen-bond donors (Lipinski definition) is 0. The van der Waals surface area contributed by atoms with Gasteiger partial charge in [0, 0.05) is 24.3 Å². The molecule has 0 amide bonds. The van der Waals surface area contributed by atoms with E-state index in [0.29, 0.717) is 0 Å². The summed E-state index contributed by atoms with van der Waals surface area (Å²) >= 11 is 0. The highest BCUT2D eigenvalue weighted by Gasteiger charge is 1.93. The van der Waals surface area contributed by atoms with Crippen LogP contribution in [0, 0.1) is 0 Å². The number of aromatic nitrogens is 2. The van der Waals surface area contributed by atoms with E-state index in [4.69, 9.17) is 0 Å². The second kappa shape index (κ2) is 8.16. The molecule has 0 aliphatic heterocycles. The fraction of sp³-hybridized carbons (Fsp3) is 0.143. The van der Waals surface area contributed by atoms with E-state index in [1.54, 1.807) is 0 Å². The molecule has 0 spiro atoms. The van der Waals surface area contributed by atoms with Crippen LogP contribution in [0.4, 0.5) is 0 Å². The second-order valence-corrected chi connectivity index (χ2v) is 3.93. The molecule has 0 aromatic carbocycles. The Morgan fingerprint density at radius 1 is 0.667 bits per heavy atom. The van der Waals surface area contributed by atoms with Crippen LogP contribution in [-0.2, 0) is 14.1 Å². The van der Waals surface area contributed by atoms with Crippen molar-refractivity contribution in [2.24, 2.45) is 14.1 Å². The lowest BCUT2D eigenvalue weighted by atomic mass is 10.2. The Kier molecular flexibility index (Phi) is 7.71. The van der Waals surface area contributed by atoms with Crippen molar-refractivity contribution in [3.8, 4) is 0 Å². The molecule has 0 unspecified atom stereocenters. The average Bonchev–Trinajstić information content (AvgIpc) is 2.30. The molecule has 96 valence electrons. The molecule has 2 nitrogen and oxygen atoms in total. The summed E-state index contributed by atoms with van der Waals surface area (Å²) in [7, 11) is 4.04. The predicted molar refractivity (Wildman–Crippen MR) is 64.2 cm³/mol. The average molecular weight is 372 g/mol. The topological polar surface area (TPSA) is 7.76 Å². The van der Waals surface area contributed by atoms with Gasteiger partial charge in [-0.3, -0.25) is 0 Å². The molecule has 0 bridgehead atoms. The van der Waals surface area contributed by atoms with Gasteiger partial charge in [-0.2, -0.15) is 0 Å². The summed E-state index contributed by atoms with van der Waals surface area (Å²) in [6, 6.07) is 8.39. The largest absolute Gasteiger partial charge is 1.00 e. The molecule has 0 aliphatic carbocycles. The number of aryl methyl sites for hydroxylation is 2. The molecule has 0 atom stereocenters. The molecule has 0 saturated carbocycles. The van der Waals surface area contributed by atoms with Gasteiger partial charge in [0.05, 0.1) is 0 Å². The van der Waals surface area contributed by atoms with Gasteiger partial charge in [0.2, 0.25) is 0 Å². The quantitative estimate of drug-likeness (QED) is 0.470. The van der Waals surface area contributed by atoms with E-state index in [2.05, 4.69) is 36.4 Å². The number of pyridine rings is 2. The van der Waals surface area contributed by atoms with Crippen LogP contribution in [0.15, 0.2) is 49.1 Å². The maximum Gasteiger partial charge on any atom is 0.169 e. The highest BCUT2D eigenvalue weighted by molar-refractivity contribution is 5.68. The zero-order valence-electron chi connectivity index (χ0n) is 10.4. The van der Waals surface area contributed by atoms with Crippen molar-refractivity contribution in [1.29, 1.82) is 0 Å². The molecule has 4 heteroatoms. The predicted octanol–water partition coefficient (Wildman–Crippen LogP) is -4.49. The highest BCUT2D eigenvalue weighted by atomic mass is 79.9. The van der Waals surface area contributed by atoms with Crippen molar-refractivity contribution in [2.45, 2.75) is 0 Å². The van der Waals surface area contributed by atoms with Crippen LogP contribution < -0.4 is 43.1 Å². The minimum Gasteiger partial charge on any atom is -1.00 e. The van der Waals surface area contributed by atoms with Gasteiger partial charge < -0.3 is 34.0 Å². The lowest BCUT2D eigenvalue weighted by Crippen LogP contribution is -3.00. The van der Waals surface area contributed by atoms with Crippen molar-refractivity contribution in [3.05, 3.63) is 60.2 Å². The molecule has 0 radical (unpaired) electrons. The van der Waals surface area contributed by atoms with Gasteiger partial charge >= 0.3 is 0 Å². The van der Waals surface area contributed by atoms with Crippen LogP contribution in [0.25, 0.3) is 12.2 Å². The highest BCUT2D eigenvalue weighted by Crippen LogP contribution is 2.04. The monoisotopic (exact) mass is 370 g/mol. The van der Waals surface area contributed by atoms with Crippen LogP contribution in [0.5, 0.6) is 0 Å². The minimum absolute atomic E-state index is 0. The normalized spacial score (nSPS) is 9.67. The molecule has 2 aromatic rings. The Bertz CT molecular complexity index is 443. The fourth-order valence-electron chi connectivity index (χ4n) is 1.44. The number of nitrogens with zero attached hydrogens (tertiary/aromatic N) is 2. The van der Waals surface area contributed by atoms with Crippen molar-refractivity contribution in [1.82, 2.24) is 0 Å². The van der Waals surface area contributed by atoms with Gasteiger partial charge in [0.25, 0.3) is 0 Å². The van der Waals surface area contributed by atoms with E-state index >= 15 is 0 Å². The molecular weight excluding hydrogens is 356 g/mol. The molecule has 2 aromatic heterocycles. The number of rotatable bonds is 2. The standard InChI is InChI=1S/C14H16N2.2BrH/c1-15-9-5-13(6-10-15)3-4-14-7-11-16(2)12-8-14;;/h3-12H,1-2H3;2*1H/q+2;;/p-2/b4-3+;;. The molecular formula is C14H16Br2N2. The minimum atomic E-state index is 0. The third-order valence-corrected chi connectivity index (χ3v) is 2.48. The third-order valence-electron chi connectivity index (χ3n) is 2.48. The Hall–Kier alpha value is -1.00. The maximum absolute atomic E-state index is 2.12. The zero-order valence-corrected chi connectivity index (χ0v) is 13.6. The van der Waals surface area contributed by atoms with Crippen LogP contribution in [0.3, 0.4) is 0 Å². The van der Waals surface area contributed by atoms with Gasteiger partial charge in [0.1, 0.15) is 14.1 Å². The van der Waals surface area contributed by atoms with Gasteiger partial charge in [-0.1, -0.05) is 12.2 Å². The van der Waals surface area contributed by atoms with E-state index in [-0.39, 0.29) is 34.0 Å². The number of halogens is 2. The summed E-state index contributed by atoms with van der Waals surface area (Å²) in [6.45, 7) is 0. The van der Waals surface area contributed by atoms with Crippen molar-refractivity contribution in [3.63, 3.8) is 0 Å². The Balaban J connectivity index is 0.00000144. The Labute approximate surface area is 129 Å². The lowest BCUT2D eigenvalue weighted by Gasteiger charge is -1.92. The van der Waals surface area contributed by atoms with Crippen molar-refractivity contribution >= 4 is 12.2 Å². The van der Waals surface area contributed by atoms with E-state index in [0.717, 1.165) is 0 Å². The first kappa shape index (κ1) is 17.0. The third kappa shape index (κ3) is 5.10. The van der Waals surface area contributed by atoms with E-state index in [1.807, 2.05) is 48.0 Å². The number of hydrogen-bond acceptors (Lipinski definition) is 0. The van der Waals surface area contributed by atoms with Gasteiger partial charge in [-0.15, -0.1) is 0 Å². The van der Waals surface area contributed by atoms with E-state index in [9.17, 15) is 0 Å². The summed E-state index contributed by atoms with van der Waals surface area (Å²) in [4.78, 5) is 0. The van der Waals surface area contributed by atoms with E-state index in [1.165, 1.54) is 11.1 Å². The first-order chi connectivity index (χ1) is 7.74. The molecule has 0 saturated heterocycles. The van der Waals surface area contributed by atoms with Crippen LogP contribution in [-0.4, -0.2) is 0 Å². The van der Waals surface area contributed by atoms with E-state index < -0.39 is 0 Å². The lowest BCUT2D eigenvalue weighted by molar-refractivity contribution is -0.671. The Morgan fingerprint density at radius 2 is 0.944 bits per heavy atom. The molecule has 0 fully saturated rings. The van der Waals surface area contributed by atoms with Crippen LogP contribution >= 0.6 is 0 Å². The second-order valence-electron chi connectivity index (χ2n) is 3.93. The maximum atomic E-state index is 2.12. The first-order valence-electron chi connectivity index (χ1n) is 5.33. The van der Waals surface area contributed by atoms with Gasteiger partial charge in [-0.05, 0) is 11.1 Å². The summed E-state index contributed by atoms with van der Waals surface area (Å²) in [6.07, 6.45) is 12.4. The van der Waals surface area contributed by atoms with Crippen LogP contribution in [0.2, 0.25) is 0 Å². The van der Waals surface area contributed by atoms with Crippen LogP contribution in [0.1, 0.15) is 11.1 Å². The van der Waals surface area contributed by atoms with Crippen molar-refractivity contribution in [2.75, 3.05) is 0 Å². The van der Waals surface area contributed by atoms with Gasteiger partial charge in [-0.25, -0.2) is 9.13 Å². The SMILES string of the molecule is C[n+]1ccc(/C=C/c2cc[n+](C)cc2)cc1.[Br-].[Br-]. The summed E-state index contributed by atoms with van der Waals surface area (Å²) in [5.41, 5.74) is 2.43. The molecule has 2 heterocycles. The summed E-state index contributed by atoms with van der Waals surface area (Å²) in [5.74, 6) is 0. The smallest absolute Gasteiger partial charge is 0.169 e. The van der Waals surface area contributed by atoms with Crippen molar-refractivity contribution < 1.29 is 43.1 Å². The summed E-state index contributed by atoms with van der Waals surface area (Å²) < 4.78 is 4.06. The Morgan fingerprint density at radius 3 is 1.22 bits per heavy atom. The molecule has 18 heavy (non-hydrogen) atoms. The fourth-order valence-corrected chi connectivity index (χ4v) is 1.44. The first-order valence-corrected chi connectivity index (χ1v) is 5.33. The summed E-state index contributed by atoms with van der Waals surface area (Å²) in [5, 5.41) is 0. The molecule has 0 aliphatic rings. The molecule has 2 rings (SSSR count). The molecule has 0 N–H and O–H groups in total. The zero-order chi connectivity index (χ0) is 11.4.